The minimum absolute atomic E-state index is 0.140. The third kappa shape index (κ3) is 6.23. The van der Waals surface area contributed by atoms with Gasteiger partial charge in [0.2, 0.25) is 0 Å². The molecule has 0 radical (unpaired) electrons. The maximum absolute atomic E-state index is 12.9. The Morgan fingerprint density at radius 2 is 1.76 bits per heavy atom. The van der Waals surface area contributed by atoms with Crippen molar-refractivity contribution < 1.29 is 19.1 Å². The first kappa shape index (κ1) is 29.0. The molecular weight excluding hydrogens is 520 g/mol. The van der Waals surface area contributed by atoms with Crippen LogP contribution in [-0.2, 0) is 34.3 Å². The van der Waals surface area contributed by atoms with Gasteiger partial charge in [-0.25, -0.2) is 19.5 Å². The van der Waals surface area contributed by atoms with Gasteiger partial charge in [-0.3, -0.25) is 4.79 Å². The van der Waals surface area contributed by atoms with Crippen molar-refractivity contribution in [3.63, 3.8) is 0 Å². The topological polar surface area (TPSA) is 93.0 Å². The van der Waals surface area contributed by atoms with Crippen LogP contribution >= 0.6 is 0 Å². The highest BCUT2D eigenvalue weighted by Crippen LogP contribution is 2.38. The van der Waals surface area contributed by atoms with Gasteiger partial charge in [-0.1, -0.05) is 29.5 Å². The highest BCUT2D eigenvalue weighted by molar-refractivity contribution is 5.80. The van der Waals surface area contributed by atoms with E-state index < -0.39 is 5.60 Å². The fraction of sp³-hybridized carbons (Fsp3) is 0.548. The lowest BCUT2D eigenvalue weighted by Crippen LogP contribution is -2.56. The summed E-state index contributed by atoms with van der Waals surface area (Å²) >= 11 is 0. The largest absolute Gasteiger partial charge is 0.466 e. The monoisotopic (exact) mass is 562 g/mol. The molecule has 1 saturated heterocycles. The maximum atomic E-state index is 12.9. The van der Waals surface area contributed by atoms with E-state index in [-0.39, 0.29) is 24.4 Å². The van der Waals surface area contributed by atoms with Gasteiger partial charge in [0.1, 0.15) is 11.1 Å². The number of hydrogen-bond donors (Lipinski definition) is 0. The van der Waals surface area contributed by atoms with E-state index in [1.165, 1.54) is 16.7 Å². The molecule has 1 aromatic heterocycles. The van der Waals surface area contributed by atoms with Crippen LogP contribution in [-0.4, -0.2) is 86.9 Å². The summed E-state index contributed by atoms with van der Waals surface area (Å²) in [6.07, 6.45) is 0.907. The standard InChI is InChI=1S/C31H42N6O4/c1-7-40-28(38)19-26(23-11-12-27-29(21(23)2)32-33-34(27)6)25-10-8-9-22-20-37(14-13-24(22)25)36-17-15-35(16-18-36)30(39)41-31(3,4)5/h8-12,26H,7,13-20H2,1-6H3. The summed E-state index contributed by atoms with van der Waals surface area (Å²) in [5.74, 6) is -0.339. The van der Waals surface area contributed by atoms with Crippen LogP contribution in [0.1, 0.15) is 67.9 Å². The van der Waals surface area contributed by atoms with Gasteiger partial charge in [-0.15, -0.1) is 5.10 Å². The average Bonchev–Trinajstić information content (AvgIpc) is 3.32. The zero-order chi connectivity index (χ0) is 29.3. The second kappa shape index (κ2) is 11.8. The van der Waals surface area contributed by atoms with Crippen LogP contribution < -0.4 is 0 Å². The molecule has 2 aromatic carbocycles. The number of amides is 1. The Kier molecular flexibility index (Phi) is 8.33. The Balaban J connectivity index is 1.37. The fourth-order valence-corrected chi connectivity index (χ4v) is 6.08. The summed E-state index contributed by atoms with van der Waals surface area (Å²) in [5.41, 5.74) is 7.23. The minimum Gasteiger partial charge on any atom is -0.466 e. The highest BCUT2D eigenvalue weighted by Gasteiger charge is 2.32. The quantitative estimate of drug-likeness (QED) is 0.413. The molecule has 1 fully saturated rings. The first-order chi connectivity index (χ1) is 19.6. The average molecular weight is 563 g/mol. The van der Waals surface area contributed by atoms with Crippen molar-refractivity contribution in [3.8, 4) is 0 Å². The molecule has 10 heteroatoms. The number of carbonyl (C=O) groups is 2. The predicted octanol–water partition coefficient (Wildman–Crippen LogP) is 4.19. The molecule has 0 aliphatic carbocycles. The third-order valence-corrected chi connectivity index (χ3v) is 8.10. The van der Waals surface area contributed by atoms with Crippen molar-refractivity contribution in [2.24, 2.45) is 7.05 Å². The third-order valence-electron chi connectivity index (χ3n) is 8.10. The van der Waals surface area contributed by atoms with E-state index >= 15 is 0 Å². The molecule has 1 atom stereocenters. The molecule has 2 aliphatic heterocycles. The van der Waals surface area contributed by atoms with E-state index in [0.29, 0.717) is 19.7 Å². The number of rotatable bonds is 6. The molecule has 2 aliphatic rings. The highest BCUT2D eigenvalue weighted by atomic mass is 16.6. The van der Waals surface area contributed by atoms with Crippen LogP contribution in [0.25, 0.3) is 11.0 Å². The molecule has 10 nitrogen and oxygen atoms in total. The molecule has 1 unspecified atom stereocenters. The van der Waals surface area contributed by atoms with Gasteiger partial charge in [0.15, 0.2) is 0 Å². The minimum atomic E-state index is -0.494. The van der Waals surface area contributed by atoms with Crippen molar-refractivity contribution in [2.45, 2.75) is 65.5 Å². The number of hydrogen-bond acceptors (Lipinski definition) is 8. The second-order valence-corrected chi connectivity index (χ2v) is 12.0. The van der Waals surface area contributed by atoms with Crippen LogP contribution in [0.3, 0.4) is 0 Å². The number of piperazine rings is 1. The maximum Gasteiger partial charge on any atom is 0.410 e. The number of ether oxygens (including phenoxy) is 2. The number of aromatic nitrogens is 3. The number of carbonyl (C=O) groups excluding carboxylic acids is 2. The van der Waals surface area contributed by atoms with Gasteiger partial charge in [0.25, 0.3) is 0 Å². The number of nitrogens with zero attached hydrogens (tertiary/aromatic N) is 6. The van der Waals surface area contributed by atoms with Gasteiger partial charge >= 0.3 is 12.1 Å². The van der Waals surface area contributed by atoms with Crippen LogP contribution in [0.4, 0.5) is 4.79 Å². The molecule has 41 heavy (non-hydrogen) atoms. The smallest absolute Gasteiger partial charge is 0.410 e. The van der Waals surface area contributed by atoms with E-state index in [1.54, 1.807) is 9.58 Å². The van der Waals surface area contributed by atoms with Crippen molar-refractivity contribution in [2.75, 3.05) is 39.3 Å². The number of hydrazine groups is 1. The molecule has 220 valence electrons. The number of benzene rings is 2. The zero-order valence-corrected chi connectivity index (χ0v) is 25.1. The Bertz CT molecular complexity index is 1420. The van der Waals surface area contributed by atoms with Crippen molar-refractivity contribution >= 4 is 23.1 Å². The summed E-state index contributed by atoms with van der Waals surface area (Å²) in [6.45, 7) is 14.5. The van der Waals surface area contributed by atoms with Crippen LogP contribution in [0.5, 0.6) is 0 Å². The molecule has 0 saturated carbocycles. The van der Waals surface area contributed by atoms with Crippen LogP contribution in [0.2, 0.25) is 0 Å². The Morgan fingerprint density at radius 3 is 2.46 bits per heavy atom. The summed E-state index contributed by atoms with van der Waals surface area (Å²) in [6, 6.07) is 10.6. The molecule has 0 N–H and O–H groups in total. The Hall–Kier alpha value is -3.50. The molecular formula is C31H42N6O4. The fourth-order valence-electron chi connectivity index (χ4n) is 6.08. The Morgan fingerprint density at radius 1 is 1.00 bits per heavy atom. The van der Waals surface area contributed by atoms with E-state index in [9.17, 15) is 9.59 Å². The van der Waals surface area contributed by atoms with E-state index in [4.69, 9.17) is 9.47 Å². The lowest BCUT2D eigenvalue weighted by atomic mass is 9.80. The summed E-state index contributed by atoms with van der Waals surface area (Å²) in [4.78, 5) is 27.2. The molecule has 3 aromatic rings. The molecule has 0 bridgehead atoms. The number of aryl methyl sites for hydroxylation is 2. The van der Waals surface area contributed by atoms with Crippen molar-refractivity contribution in [1.29, 1.82) is 0 Å². The summed E-state index contributed by atoms with van der Waals surface area (Å²) < 4.78 is 12.8. The lowest BCUT2D eigenvalue weighted by molar-refractivity contribution is -0.143. The molecule has 1 amide bonds. The van der Waals surface area contributed by atoms with E-state index in [2.05, 4.69) is 51.5 Å². The van der Waals surface area contributed by atoms with E-state index in [1.807, 2.05) is 40.8 Å². The van der Waals surface area contributed by atoms with Crippen molar-refractivity contribution in [3.05, 3.63) is 58.1 Å². The summed E-state index contributed by atoms with van der Waals surface area (Å²) in [7, 11) is 1.89. The number of fused-ring (bicyclic) bond motifs is 2. The van der Waals surface area contributed by atoms with Gasteiger partial charge in [-0.2, -0.15) is 0 Å². The molecule has 0 spiro atoms. The van der Waals surface area contributed by atoms with Gasteiger partial charge in [0, 0.05) is 52.2 Å². The molecule has 5 rings (SSSR count). The number of esters is 1. The first-order valence-corrected chi connectivity index (χ1v) is 14.6. The predicted molar refractivity (Wildman–Crippen MR) is 156 cm³/mol. The van der Waals surface area contributed by atoms with Crippen LogP contribution in [0, 0.1) is 6.92 Å². The zero-order valence-electron chi connectivity index (χ0n) is 25.1. The lowest BCUT2D eigenvalue weighted by Gasteiger charge is -2.43. The van der Waals surface area contributed by atoms with Gasteiger partial charge in [-0.05, 0) is 74.9 Å². The first-order valence-electron chi connectivity index (χ1n) is 14.6. The second-order valence-electron chi connectivity index (χ2n) is 12.0. The molecule has 3 heterocycles. The normalized spacial score (nSPS) is 17.4. The van der Waals surface area contributed by atoms with Gasteiger partial charge < -0.3 is 14.4 Å². The van der Waals surface area contributed by atoms with Crippen molar-refractivity contribution in [1.82, 2.24) is 29.9 Å². The summed E-state index contributed by atoms with van der Waals surface area (Å²) in [5, 5.41) is 13.4. The Labute approximate surface area is 242 Å². The van der Waals surface area contributed by atoms with Crippen LogP contribution in [0.15, 0.2) is 30.3 Å². The van der Waals surface area contributed by atoms with E-state index in [0.717, 1.165) is 54.8 Å². The van der Waals surface area contributed by atoms with Gasteiger partial charge in [0.05, 0.1) is 18.5 Å². The SMILES string of the molecule is CCOC(=O)CC(c1cccc2c1CCN(N1CCN(C(=O)OC(C)(C)C)CC1)C2)c1ccc2c(nnn2C)c1C.